The van der Waals surface area contributed by atoms with E-state index in [0.29, 0.717) is 13.2 Å². The second kappa shape index (κ2) is 6.81. The maximum atomic E-state index is 13.0. The van der Waals surface area contributed by atoms with E-state index in [4.69, 9.17) is 4.43 Å². The zero-order valence-electron chi connectivity index (χ0n) is 15.1. The van der Waals surface area contributed by atoms with Gasteiger partial charge in [0.05, 0.1) is 5.56 Å². The Morgan fingerprint density at radius 2 is 1.83 bits per heavy atom. The molecular weight excluding hydrogens is 331 g/mol. The number of alkyl halides is 3. The second-order valence-corrected chi connectivity index (χ2v) is 13.0. The normalized spacial score (nSPS) is 22.8. The van der Waals surface area contributed by atoms with Crippen molar-refractivity contribution in [1.82, 2.24) is 5.32 Å². The Balaban J connectivity index is 2.11. The van der Waals surface area contributed by atoms with Crippen molar-refractivity contribution in [2.24, 2.45) is 5.92 Å². The van der Waals surface area contributed by atoms with Gasteiger partial charge in [0.2, 0.25) is 0 Å². The van der Waals surface area contributed by atoms with Crippen LogP contribution in [0.15, 0.2) is 24.3 Å². The summed E-state index contributed by atoms with van der Waals surface area (Å²) >= 11 is 0. The first-order valence-corrected chi connectivity index (χ1v) is 11.3. The Morgan fingerprint density at radius 1 is 1.17 bits per heavy atom. The minimum atomic E-state index is -4.30. The van der Waals surface area contributed by atoms with Crippen LogP contribution in [0.4, 0.5) is 13.2 Å². The molecule has 1 N–H and O–H groups in total. The maximum absolute atomic E-state index is 13.0. The summed E-state index contributed by atoms with van der Waals surface area (Å²) in [5.74, 6) is 0.277. The first-order valence-electron chi connectivity index (χ1n) is 8.43. The first-order chi connectivity index (χ1) is 10.9. The highest BCUT2D eigenvalue weighted by Gasteiger charge is 2.39. The first kappa shape index (κ1) is 19.5. The fourth-order valence-corrected chi connectivity index (χ4v) is 3.84. The predicted molar refractivity (Wildman–Crippen MR) is 93.7 cm³/mol. The molecule has 2 nitrogen and oxygen atoms in total. The highest BCUT2D eigenvalue weighted by atomic mass is 28.4. The Kier molecular flexibility index (Phi) is 5.52. The summed E-state index contributed by atoms with van der Waals surface area (Å²) in [5.41, 5.74) is 0.176. The van der Waals surface area contributed by atoms with Gasteiger partial charge in [-0.2, -0.15) is 13.2 Å². The lowest BCUT2D eigenvalue weighted by molar-refractivity contribution is -0.137. The van der Waals surface area contributed by atoms with E-state index in [1.54, 1.807) is 6.07 Å². The van der Waals surface area contributed by atoms with Crippen molar-refractivity contribution in [3.63, 3.8) is 0 Å². The molecule has 136 valence electrons. The standard InChI is InChI=1S/C18H28F3NOSi/c1-17(2,3)24(4,5)23-12-14-10-22-11-16(14)13-7-6-8-15(9-13)18(19,20)21/h6-9,14,16,22H,10-12H2,1-5H3/t14-,16-/m1/s1. The van der Waals surface area contributed by atoms with Crippen molar-refractivity contribution in [3.8, 4) is 0 Å². The average molecular weight is 360 g/mol. The van der Waals surface area contributed by atoms with Crippen molar-refractivity contribution < 1.29 is 17.6 Å². The lowest BCUT2D eigenvalue weighted by atomic mass is 9.88. The van der Waals surface area contributed by atoms with Gasteiger partial charge in [-0.15, -0.1) is 0 Å². The summed E-state index contributed by atoms with van der Waals surface area (Å²) in [4.78, 5) is 0. The number of hydrogen-bond acceptors (Lipinski definition) is 2. The van der Waals surface area contributed by atoms with Gasteiger partial charge in [0.15, 0.2) is 8.32 Å². The van der Waals surface area contributed by atoms with E-state index < -0.39 is 20.1 Å². The monoisotopic (exact) mass is 359 g/mol. The van der Waals surface area contributed by atoms with E-state index in [-0.39, 0.29) is 16.9 Å². The molecule has 2 atom stereocenters. The number of halogens is 3. The van der Waals surface area contributed by atoms with Gasteiger partial charge in [0.1, 0.15) is 0 Å². The van der Waals surface area contributed by atoms with Crippen LogP contribution in [0.3, 0.4) is 0 Å². The molecule has 0 aliphatic carbocycles. The van der Waals surface area contributed by atoms with Crippen LogP contribution in [0.1, 0.15) is 37.8 Å². The molecule has 2 rings (SSSR count). The van der Waals surface area contributed by atoms with Crippen molar-refractivity contribution in [2.45, 2.75) is 51.0 Å². The van der Waals surface area contributed by atoms with Gasteiger partial charge < -0.3 is 9.74 Å². The third-order valence-electron chi connectivity index (χ3n) is 5.45. The third kappa shape index (κ3) is 4.40. The summed E-state index contributed by atoms with van der Waals surface area (Å²) in [6.45, 7) is 13.1. The van der Waals surface area contributed by atoms with E-state index in [1.807, 2.05) is 0 Å². The summed E-state index contributed by atoms with van der Waals surface area (Å²) in [5, 5.41) is 3.44. The van der Waals surface area contributed by atoms with Gasteiger partial charge in [-0.25, -0.2) is 0 Å². The van der Waals surface area contributed by atoms with Gasteiger partial charge in [-0.3, -0.25) is 0 Å². The van der Waals surface area contributed by atoms with E-state index >= 15 is 0 Å². The maximum Gasteiger partial charge on any atom is 0.416 e. The molecule has 1 aromatic carbocycles. The molecule has 6 heteroatoms. The van der Waals surface area contributed by atoms with Crippen LogP contribution in [0, 0.1) is 5.92 Å². The fraction of sp³-hybridized carbons (Fsp3) is 0.667. The van der Waals surface area contributed by atoms with Crippen molar-refractivity contribution in [3.05, 3.63) is 35.4 Å². The molecular formula is C18H28F3NOSi. The van der Waals surface area contributed by atoms with Gasteiger partial charge in [-0.1, -0.05) is 39.0 Å². The quantitative estimate of drug-likeness (QED) is 0.761. The summed E-state index contributed by atoms with van der Waals surface area (Å²) < 4.78 is 45.2. The van der Waals surface area contributed by atoms with Crippen LogP contribution in [0.5, 0.6) is 0 Å². The molecule has 0 saturated carbocycles. The minimum Gasteiger partial charge on any atom is -0.416 e. The Hall–Kier alpha value is -0.853. The molecule has 0 spiro atoms. The molecule has 0 bridgehead atoms. The van der Waals surface area contributed by atoms with Crippen molar-refractivity contribution in [2.75, 3.05) is 19.7 Å². The molecule has 1 aromatic rings. The van der Waals surface area contributed by atoms with Crippen molar-refractivity contribution in [1.29, 1.82) is 0 Å². The minimum absolute atomic E-state index is 0.0667. The van der Waals surface area contributed by atoms with E-state index in [0.717, 1.165) is 18.2 Å². The zero-order valence-corrected chi connectivity index (χ0v) is 16.1. The molecule has 0 aromatic heterocycles. The van der Waals surface area contributed by atoms with Gasteiger partial charge >= 0.3 is 6.18 Å². The highest BCUT2D eigenvalue weighted by molar-refractivity contribution is 6.74. The molecule has 1 fully saturated rings. The molecule has 0 unspecified atom stereocenters. The largest absolute Gasteiger partial charge is 0.416 e. The van der Waals surface area contributed by atoms with Crippen molar-refractivity contribution >= 4 is 8.32 Å². The Morgan fingerprint density at radius 3 is 2.42 bits per heavy atom. The molecule has 24 heavy (non-hydrogen) atoms. The van der Waals surface area contributed by atoms with Gasteiger partial charge in [-0.05, 0) is 29.8 Å². The third-order valence-corrected chi connectivity index (χ3v) is 9.95. The smallest absolute Gasteiger partial charge is 0.416 e. The second-order valence-electron chi connectivity index (χ2n) is 8.22. The summed E-state index contributed by atoms with van der Waals surface area (Å²) in [7, 11) is -1.85. The summed E-state index contributed by atoms with van der Waals surface area (Å²) in [6, 6.07) is 5.72. The molecule has 0 radical (unpaired) electrons. The predicted octanol–water partition coefficient (Wildman–Crippen LogP) is 5.03. The van der Waals surface area contributed by atoms with Crippen LogP contribution in [-0.2, 0) is 10.6 Å². The molecule has 0 amide bonds. The van der Waals surface area contributed by atoms with Crippen LogP contribution in [-0.4, -0.2) is 28.0 Å². The Bertz CT molecular complexity index is 566. The lowest BCUT2D eigenvalue weighted by Gasteiger charge is -2.37. The number of nitrogens with one attached hydrogen (secondary N) is 1. The SMILES string of the molecule is CC(C)(C)[Si](C)(C)OC[C@H]1CNC[C@@H]1c1cccc(C(F)(F)F)c1. The van der Waals surface area contributed by atoms with Gasteiger partial charge in [0, 0.05) is 31.5 Å². The number of rotatable bonds is 4. The molecule has 1 heterocycles. The number of benzene rings is 1. The highest BCUT2D eigenvalue weighted by Crippen LogP contribution is 2.39. The fourth-order valence-electron chi connectivity index (χ4n) is 2.78. The van der Waals surface area contributed by atoms with E-state index in [9.17, 15) is 13.2 Å². The average Bonchev–Trinajstić information content (AvgIpc) is 2.91. The zero-order chi connectivity index (χ0) is 18.2. The summed E-state index contributed by atoms with van der Waals surface area (Å²) in [6.07, 6.45) is -4.30. The topological polar surface area (TPSA) is 21.3 Å². The molecule has 1 aliphatic rings. The molecule has 1 saturated heterocycles. The Labute approximate surface area is 143 Å². The van der Waals surface area contributed by atoms with Crippen LogP contribution in [0.2, 0.25) is 18.1 Å². The van der Waals surface area contributed by atoms with Crippen LogP contribution in [0.25, 0.3) is 0 Å². The molecule has 1 aliphatic heterocycles. The van der Waals surface area contributed by atoms with E-state index in [2.05, 4.69) is 39.2 Å². The van der Waals surface area contributed by atoms with Crippen LogP contribution < -0.4 is 5.32 Å². The van der Waals surface area contributed by atoms with E-state index in [1.165, 1.54) is 12.1 Å². The number of hydrogen-bond donors (Lipinski definition) is 1. The van der Waals surface area contributed by atoms with Gasteiger partial charge in [0.25, 0.3) is 0 Å². The van der Waals surface area contributed by atoms with Crippen LogP contribution >= 0.6 is 0 Å². The lowest BCUT2D eigenvalue weighted by Crippen LogP contribution is -2.42.